The summed E-state index contributed by atoms with van der Waals surface area (Å²) in [5.41, 5.74) is 0.311. The summed E-state index contributed by atoms with van der Waals surface area (Å²) in [6, 6.07) is 2.76. The van der Waals surface area contributed by atoms with Gasteiger partial charge in [-0.2, -0.15) is 0 Å². The zero-order chi connectivity index (χ0) is 12.1. The topological polar surface area (TPSA) is 76.0 Å². The normalized spacial score (nSPS) is 9.88. The van der Waals surface area contributed by atoms with E-state index in [9.17, 15) is 15.0 Å². The van der Waals surface area contributed by atoms with Gasteiger partial charge < -0.3 is 19.7 Å². The van der Waals surface area contributed by atoms with E-state index in [2.05, 4.69) is 4.74 Å². The molecule has 0 bridgehead atoms. The summed E-state index contributed by atoms with van der Waals surface area (Å²) in [5, 5.41) is 19.2. The van der Waals surface area contributed by atoms with E-state index in [1.165, 1.54) is 26.4 Å². The average Bonchev–Trinajstić information content (AvgIpc) is 2.27. The van der Waals surface area contributed by atoms with Crippen LogP contribution in [-0.4, -0.2) is 30.4 Å². The van der Waals surface area contributed by atoms with Gasteiger partial charge in [0.1, 0.15) is 17.2 Å². The van der Waals surface area contributed by atoms with E-state index in [0.29, 0.717) is 11.3 Å². The molecule has 0 amide bonds. The largest absolute Gasteiger partial charge is 0.507 e. The number of carbonyl (C=O) groups excluding carboxylic acids is 1. The molecule has 0 heterocycles. The molecular formula is C11H14O5. The van der Waals surface area contributed by atoms with Crippen LogP contribution in [0.2, 0.25) is 0 Å². The lowest BCUT2D eigenvalue weighted by molar-refractivity contribution is -0.140. The highest BCUT2D eigenvalue weighted by Gasteiger charge is 2.12. The second-order valence-electron chi connectivity index (χ2n) is 3.22. The Bertz CT molecular complexity index is 363. The van der Waals surface area contributed by atoms with E-state index < -0.39 is 5.97 Å². The van der Waals surface area contributed by atoms with Crippen molar-refractivity contribution in [3.63, 3.8) is 0 Å². The molecule has 2 N–H and O–H groups in total. The van der Waals surface area contributed by atoms with Gasteiger partial charge in [-0.25, -0.2) is 0 Å². The molecule has 0 aliphatic rings. The molecule has 0 spiro atoms. The number of ether oxygens (including phenoxy) is 2. The molecule has 0 saturated heterocycles. The van der Waals surface area contributed by atoms with Crippen molar-refractivity contribution in [1.82, 2.24) is 0 Å². The molecule has 1 aromatic rings. The van der Waals surface area contributed by atoms with Gasteiger partial charge in [-0.15, -0.1) is 0 Å². The van der Waals surface area contributed by atoms with E-state index in [0.717, 1.165) is 0 Å². The van der Waals surface area contributed by atoms with Crippen LogP contribution in [-0.2, 0) is 16.0 Å². The van der Waals surface area contributed by atoms with Crippen LogP contribution in [0.4, 0.5) is 0 Å². The Labute approximate surface area is 93.2 Å². The fourth-order valence-corrected chi connectivity index (χ4v) is 1.32. The second-order valence-corrected chi connectivity index (χ2v) is 3.22. The molecule has 16 heavy (non-hydrogen) atoms. The molecule has 0 atom stereocenters. The highest BCUT2D eigenvalue weighted by atomic mass is 16.5. The summed E-state index contributed by atoms with van der Waals surface area (Å²) in [4.78, 5) is 10.9. The summed E-state index contributed by atoms with van der Waals surface area (Å²) < 4.78 is 9.34. The van der Waals surface area contributed by atoms with Crippen molar-refractivity contribution in [3.05, 3.63) is 17.7 Å². The molecule has 1 rings (SSSR count). The van der Waals surface area contributed by atoms with Crippen molar-refractivity contribution in [1.29, 1.82) is 0 Å². The third kappa shape index (κ3) is 2.79. The SMILES string of the molecule is COC(=O)CCc1c(O)cc(OC)cc1O. The molecule has 0 aliphatic heterocycles. The van der Waals surface area contributed by atoms with Crippen LogP contribution in [0.15, 0.2) is 12.1 Å². The number of esters is 1. The molecule has 0 saturated carbocycles. The molecule has 0 aliphatic carbocycles. The molecule has 5 nitrogen and oxygen atoms in total. The Hall–Kier alpha value is -1.91. The van der Waals surface area contributed by atoms with Crippen LogP contribution in [0, 0.1) is 0 Å². The molecule has 0 unspecified atom stereocenters. The number of aromatic hydroxyl groups is 2. The maximum atomic E-state index is 10.9. The van der Waals surface area contributed by atoms with Crippen molar-refractivity contribution in [3.8, 4) is 17.2 Å². The van der Waals surface area contributed by atoms with Gasteiger partial charge in [0.25, 0.3) is 0 Å². The van der Waals surface area contributed by atoms with Crippen LogP contribution >= 0.6 is 0 Å². The minimum atomic E-state index is -0.394. The number of hydrogen-bond acceptors (Lipinski definition) is 5. The number of rotatable bonds is 4. The van der Waals surface area contributed by atoms with Gasteiger partial charge in [0.05, 0.1) is 14.2 Å². The van der Waals surface area contributed by atoms with Crippen LogP contribution in [0.3, 0.4) is 0 Å². The summed E-state index contributed by atoms with van der Waals surface area (Å²) in [5.74, 6) is -0.229. The number of benzene rings is 1. The fraction of sp³-hybridized carbons (Fsp3) is 0.364. The number of carbonyl (C=O) groups is 1. The van der Waals surface area contributed by atoms with Gasteiger partial charge >= 0.3 is 5.97 Å². The molecular weight excluding hydrogens is 212 g/mol. The van der Waals surface area contributed by atoms with Crippen LogP contribution in [0.25, 0.3) is 0 Å². The standard InChI is InChI=1S/C11H14O5/c1-15-7-5-9(12)8(10(13)6-7)3-4-11(14)16-2/h5-6,12-13H,3-4H2,1-2H3. The van der Waals surface area contributed by atoms with Crippen LogP contribution in [0.5, 0.6) is 17.2 Å². The summed E-state index contributed by atoms with van der Waals surface area (Å²) in [6.45, 7) is 0. The maximum Gasteiger partial charge on any atom is 0.305 e. The zero-order valence-corrected chi connectivity index (χ0v) is 9.19. The quantitative estimate of drug-likeness (QED) is 0.755. The Balaban J connectivity index is 2.84. The van der Waals surface area contributed by atoms with Crippen LogP contribution < -0.4 is 4.74 Å². The van der Waals surface area contributed by atoms with Gasteiger partial charge in [-0.1, -0.05) is 0 Å². The van der Waals surface area contributed by atoms with Crippen molar-refractivity contribution < 1.29 is 24.5 Å². The first-order valence-corrected chi connectivity index (χ1v) is 4.74. The van der Waals surface area contributed by atoms with Crippen LogP contribution in [0.1, 0.15) is 12.0 Å². The van der Waals surface area contributed by atoms with E-state index in [1.54, 1.807) is 0 Å². The number of methoxy groups -OCH3 is 2. The number of phenols is 2. The first-order chi connectivity index (χ1) is 7.58. The first-order valence-electron chi connectivity index (χ1n) is 4.74. The number of phenolic OH excluding ortho intramolecular Hbond substituents is 2. The predicted octanol–water partition coefficient (Wildman–Crippen LogP) is 1.21. The monoisotopic (exact) mass is 226 g/mol. The minimum Gasteiger partial charge on any atom is -0.507 e. The second kappa shape index (κ2) is 5.25. The van der Waals surface area contributed by atoms with E-state index >= 15 is 0 Å². The molecule has 0 radical (unpaired) electrons. The predicted molar refractivity (Wildman–Crippen MR) is 56.7 cm³/mol. The van der Waals surface area contributed by atoms with Crippen molar-refractivity contribution in [2.75, 3.05) is 14.2 Å². The summed E-state index contributed by atoms with van der Waals surface area (Å²) in [7, 11) is 2.72. The Morgan fingerprint density at radius 2 is 1.81 bits per heavy atom. The molecule has 0 fully saturated rings. The minimum absolute atomic E-state index is 0.0965. The van der Waals surface area contributed by atoms with Crippen molar-refractivity contribution in [2.45, 2.75) is 12.8 Å². The molecule has 0 aromatic heterocycles. The van der Waals surface area contributed by atoms with Crippen molar-refractivity contribution in [2.24, 2.45) is 0 Å². The lowest BCUT2D eigenvalue weighted by Crippen LogP contribution is -2.02. The first kappa shape index (κ1) is 12.2. The third-order valence-corrected chi connectivity index (χ3v) is 2.22. The smallest absolute Gasteiger partial charge is 0.305 e. The highest BCUT2D eigenvalue weighted by molar-refractivity contribution is 5.70. The van der Waals surface area contributed by atoms with Gasteiger partial charge in [-0.05, 0) is 6.42 Å². The Kier molecular flexibility index (Phi) is 3.99. The summed E-state index contributed by atoms with van der Waals surface area (Å²) in [6.07, 6.45) is 0.318. The Morgan fingerprint density at radius 1 is 1.25 bits per heavy atom. The average molecular weight is 226 g/mol. The Morgan fingerprint density at radius 3 is 2.25 bits per heavy atom. The lowest BCUT2D eigenvalue weighted by Gasteiger charge is -2.08. The molecule has 88 valence electrons. The highest BCUT2D eigenvalue weighted by Crippen LogP contribution is 2.33. The molecule has 5 heteroatoms. The van der Waals surface area contributed by atoms with Gasteiger partial charge in [0.2, 0.25) is 0 Å². The van der Waals surface area contributed by atoms with Gasteiger partial charge in [-0.3, -0.25) is 4.79 Å². The zero-order valence-electron chi connectivity index (χ0n) is 9.19. The van der Waals surface area contributed by atoms with E-state index in [4.69, 9.17) is 4.74 Å². The third-order valence-electron chi connectivity index (χ3n) is 2.22. The van der Waals surface area contributed by atoms with Gasteiger partial charge in [0.15, 0.2) is 0 Å². The lowest BCUT2D eigenvalue weighted by atomic mass is 10.1. The fourth-order valence-electron chi connectivity index (χ4n) is 1.32. The number of hydrogen-bond donors (Lipinski definition) is 2. The van der Waals surface area contributed by atoms with E-state index in [-0.39, 0.29) is 24.3 Å². The molecule has 1 aromatic carbocycles. The maximum absolute atomic E-state index is 10.9. The van der Waals surface area contributed by atoms with E-state index in [1.807, 2.05) is 0 Å². The van der Waals surface area contributed by atoms with Crippen molar-refractivity contribution >= 4 is 5.97 Å². The van der Waals surface area contributed by atoms with Gasteiger partial charge in [0, 0.05) is 24.1 Å². The summed E-state index contributed by atoms with van der Waals surface area (Å²) >= 11 is 0.